The topological polar surface area (TPSA) is 55.0 Å². The Balaban J connectivity index is 2.36. The molecule has 4 heteroatoms. The van der Waals surface area contributed by atoms with E-state index in [0.717, 1.165) is 31.4 Å². The van der Waals surface area contributed by atoms with E-state index in [2.05, 4.69) is 10.2 Å². The van der Waals surface area contributed by atoms with Gasteiger partial charge in [-0.25, -0.2) is 0 Å². The molecule has 0 unspecified atom stereocenters. The largest absolute Gasteiger partial charge is 0.385 e. The number of carbonyl (C=O) groups excluding carboxylic acids is 1. The number of rotatable bonds is 5. The lowest BCUT2D eigenvalue weighted by Gasteiger charge is -1.95. The molecule has 1 aromatic heterocycles. The predicted octanol–water partition coefficient (Wildman–Crippen LogP) is 0.801. The van der Waals surface area contributed by atoms with E-state index in [4.69, 9.17) is 4.74 Å². The molecule has 0 spiro atoms. The number of aromatic amines is 1. The van der Waals surface area contributed by atoms with Crippen LogP contribution in [0.1, 0.15) is 22.6 Å². The molecule has 0 atom stereocenters. The molecule has 1 rings (SSSR count). The molecular formula is C8H12N2O2. The smallest absolute Gasteiger partial charge is 0.170 e. The lowest BCUT2D eigenvalue weighted by atomic mass is 10.2. The van der Waals surface area contributed by atoms with E-state index in [0.29, 0.717) is 5.69 Å². The summed E-state index contributed by atoms with van der Waals surface area (Å²) < 4.78 is 4.89. The Bertz CT molecular complexity index is 245. The Labute approximate surface area is 70.9 Å². The molecule has 0 fully saturated rings. The molecule has 12 heavy (non-hydrogen) atoms. The predicted molar refractivity (Wildman–Crippen MR) is 44.2 cm³/mol. The number of H-pyrrole nitrogens is 1. The Hall–Kier alpha value is -1.16. The minimum atomic E-state index is 0.461. The molecule has 0 bridgehead atoms. The van der Waals surface area contributed by atoms with Crippen LogP contribution in [0.25, 0.3) is 0 Å². The number of ether oxygens (including phenoxy) is 1. The van der Waals surface area contributed by atoms with Gasteiger partial charge in [0, 0.05) is 19.4 Å². The summed E-state index contributed by atoms with van der Waals surface area (Å²) in [6.07, 6.45) is 2.54. The molecule has 4 nitrogen and oxygen atoms in total. The Morgan fingerprint density at radius 2 is 2.58 bits per heavy atom. The average molecular weight is 168 g/mol. The van der Waals surface area contributed by atoms with Gasteiger partial charge in [0.2, 0.25) is 0 Å². The van der Waals surface area contributed by atoms with Crippen LogP contribution in [0.15, 0.2) is 6.07 Å². The van der Waals surface area contributed by atoms with Gasteiger partial charge in [0.15, 0.2) is 6.29 Å². The number of aryl methyl sites for hydroxylation is 1. The third kappa shape index (κ3) is 2.47. The number of nitrogens with zero attached hydrogens (tertiary/aromatic N) is 1. The van der Waals surface area contributed by atoms with Crippen LogP contribution < -0.4 is 0 Å². The Kier molecular flexibility index (Phi) is 3.47. The highest BCUT2D eigenvalue weighted by molar-refractivity contribution is 5.71. The van der Waals surface area contributed by atoms with E-state index in [1.807, 2.05) is 0 Å². The van der Waals surface area contributed by atoms with Gasteiger partial charge in [0.1, 0.15) is 5.69 Å². The molecule has 0 aliphatic rings. The van der Waals surface area contributed by atoms with E-state index in [-0.39, 0.29) is 0 Å². The average Bonchev–Trinajstić information content (AvgIpc) is 2.53. The summed E-state index contributed by atoms with van der Waals surface area (Å²) in [4.78, 5) is 10.2. The van der Waals surface area contributed by atoms with Crippen molar-refractivity contribution in [2.45, 2.75) is 12.8 Å². The van der Waals surface area contributed by atoms with E-state index in [1.54, 1.807) is 13.2 Å². The molecule has 1 N–H and O–H groups in total. The maximum Gasteiger partial charge on any atom is 0.170 e. The van der Waals surface area contributed by atoms with Crippen molar-refractivity contribution in [3.63, 3.8) is 0 Å². The maximum atomic E-state index is 10.2. The SMILES string of the molecule is COCCCc1cc(C=O)n[nH]1. The summed E-state index contributed by atoms with van der Waals surface area (Å²) in [5.74, 6) is 0. The van der Waals surface area contributed by atoms with Crippen molar-refractivity contribution in [3.8, 4) is 0 Å². The molecule has 0 aliphatic heterocycles. The van der Waals surface area contributed by atoms with Gasteiger partial charge in [-0.05, 0) is 18.9 Å². The van der Waals surface area contributed by atoms with E-state index >= 15 is 0 Å². The third-order valence-electron chi connectivity index (χ3n) is 1.57. The van der Waals surface area contributed by atoms with Crippen LogP contribution in [-0.2, 0) is 11.2 Å². The second kappa shape index (κ2) is 4.66. The van der Waals surface area contributed by atoms with Crippen molar-refractivity contribution in [2.24, 2.45) is 0 Å². The minimum Gasteiger partial charge on any atom is -0.385 e. The van der Waals surface area contributed by atoms with Gasteiger partial charge in [-0.15, -0.1) is 0 Å². The zero-order valence-corrected chi connectivity index (χ0v) is 7.04. The first-order chi connectivity index (χ1) is 5.86. The quantitative estimate of drug-likeness (QED) is 0.522. The summed E-state index contributed by atoms with van der Waals surface area (Å²) in [7, 11) is 1.67. The number of carbonyl (C=O) groups is 1. The third-order valence-corrected chi connectivity index (χ3v) is 1.57. The molecule has 66 valence electrons. The minimum absolute atomic E-state index is 0.461. The molecule has 1 heterocycles. The van der Waals surface area contributed by atoms with Crippen molar-refractivity contribution >= 4 is 6.29 Å². The van der Waals surface area contributed by atoms with Gasteiger partial charge >= 0.3 is 0 Å². The normalized spacial score (nSPS) is 10.1. The summed E-state index contributed by atoms with van der Waals surface area (Å²) >= 11 is 0. The summed E-state index contributed by atoms with van der Waals surface area (Å²) in [5.41, 5.74) is 1.44. The van der Waals surface area contributed by atoms with Gasteiger partial charge < -0.3 is 4.74 Å². The van der Waals surface area contributed by atoms with Crippen molar-refractivity contribution in [1.82, 2.24) is 10.2 Å². The molecular weight excluding hydrogens is 156 g/mol. The van der Waals surface area contributed by atoms with Crippen LogP contribution in [0.4, 0.5) is 0 Å². The molecule has 0 radical (unpaired) electrons. The van der Waals surface area contributed by atoms with Crippen molar-refractivity contribution in [3.05, 3.63) is 17.5 Å². The highest BCUT2D eigenvalue weighted by Crippen LogP contribution is 2.00. The first-order valence-corrected chi connectivity index (χ1v) is 3.85. The number of aldehydes is 1. The molecule has 1 aromatic rings. The van der Waals surface area contributed by atoms with Crippen LogP contribution in [-0.4, -0.2) is 30.2 Å². The van der Waals surface area contributed by atoms with Crippen LogP contribution in [0, 0.1) is 0 Å². The lowest BCUT2D eigenvalue weighted by Crippen LogP contribution is -1.92. The molecule has 0 aliphatic carbocycles. The number of hydrogen-bond acceptors (Lipinski definition) is 3. The second-order valence-electron chi connectivity index (χ2n) is 2.53. The lowest BCUT2D eigenvalue weighted by molar-refractivity contribution is 0.111. The van der Waals surface area contributed by atoms with E-state index < -0.39 is 0 Å². The Morgan fingerprint density at radius 3 is 3.17 bits per heavy atom. The van der Waals surface area contributed by atoms with Gasteiger partial charge in [-0.3, -0.25) is 9.89 Å². The van der Waals surface area contributed by atoms with Crippen molar-refractivity contribution < 1.29 is 9.53 Å². The van der Waals surface area contributed by atoms with E-state index in [1.165, 1.54) is 0 Å². The highest BCUT2D eigenvalue weighted by Gasteiger charge is 1.98. The van der Waals surface area contributed by atoms with Crippen LogP contribution in [0.5, 0.6) is 0 Å². The number of nitrogens with one attached hydrogen (secondary N) is 1. The van der Waals surface area contributed by atoms with Crippen LogP contribution in [0.3, 0.4) is 0 Å². The van der Waals surface area contributed by atoms with E-state index in [9.17, 15) is 4.79 Å². The van der Waals surface area contributed by atoms with Crippen LogP contribution >= 0.6 is 0 Å². The molecule has 0 amide bonds. The summed E-state index contributed by atoms with van der Waals surface area (Å²) in [5, 5.41) is 6.56. The second-order valence-corrected chi connectivity index (χ2v) is 2.53. The zero-order chi connectivity index (χ0) is 8.81. The monoisotopic (exact) mass is 168 g/mol. The standard InChI is InChI=1S/C8H12N2O2/c1-12-4-2-3-7-5-8(6-11)10-9-7/h5-6H,2-4H2,1H3,(H,9,10). The number of hydrogen-bond donors (Lipinski definition) is 1. The van der Waals surface area contributed by atoms with Crippen LogP contribution in [0.2, 0.25) is 0 Å². The molecule has 0 saturated carbocycles. The fraction of sp³-hybridized carbons (Fsp3) is 0.500. The summed E-state index contributed by atoms with van der Waals surface area (Å²) in [6, 6.07) is 1.75. The number of aromatic nitrogens is 2. The first-order valence-electron chi connectivity index (χ1n) is 3.85. The first kappa shape index (κ1) is 8.93. The van der Waals surface area contributed by atoms with Crippen molar-refractivity contribution in [1.29, 1.82) is 0 Å². The fourth-order valence-corrected chi connectivity index (χ4v) is 0.975. The fourth-order valence-electron chi connectivity index (χ4n) is 0.975. The molecule has 0 aromatic carbocycles. The highest BCUT2D eigenvalue weighted by atomic mass is 16.5. The summed E-state index contributed by atoms with van der Waals surface area (Å²) in [6.45, 7) is 0.732. The van der Waals surface area contributed by atoms with Gasteiger partial charge in [-0.1, -0.05) is 0 Å². The number of methoxy groups -OCH3 is 1. The van der Waals surface area contributed by atoms with Crippen molar-refractivity contribution in [2.75, 3.05) is 13.7 Å². The van der Waals surface area contributed by atoms with Gasteiger partial charge in [-0.2, -0.15) is 5.10 Å². The maximum absolute atomic E-state index is 10.2. The van der Waals surface area contributed by atoms with Gasteiger partial charge in [0.05, 0.1) is 0 Å². The zero-order valence-electron chi connectivity index (χ0n) is 7.04. The molecule has 0 saturated heterocycles. The van der Waals surface area contributed by atoms with Gasteiger partial charge in [0.25, 0.3) is 0 Å². The Morgan fingerprint density at radius 1 is 1.75 bits per heavy atom.